The predicted molar refractivity (Wildman–Crippen MR) is 154 cm³/mol. The first-order chi connectivity index (χ1) is 17.9. The van der Waals surface area contributed by atoms with Gasteiger partial charge in [0.2, 0.25) is 5.89 Å². The maximum absolute atomic E-state index is 6.65. The van der Waals surface area contributed by atoms with Crippen molar-refractivity contribution in [3.05, 3.63) is 97.4 Å². The number of hydrogen-bond acceptors (Lipinski definition) is 5. The van der Waals surface area contributed by atoms with Gasteiger partial charge in [0.15, 0.2) is 5.69 Å². The zero-order valence-corrected chi connectivity index (χ0v) is 24.3. The van der Waals surface area contributed by atoms with Crippen molar-refractivity contribution in [1.29, 1.82) is 0 Å². The van der Waals surface area contributed by atoms with Gasteiger partial charge >= 0.3 is 0 Å². The third-order valence-corrected chi connectivity index (χ3v) is 9.00. The van der Waals surface area contributed by atoms with Gasteiger partial charge in [0.05, 0.1) is 26.7 Å². The molecular formula is C27H20BrCl3N4OS. The van der Waals surface area contributed by atoms with Crippen LogP contribution < -0.4 is 0 Å². The van der Waals surface area contributed by atoms with E-state index in [4.69, 9.17) is 44.3 Å². The van der Waals surface area contributed by atoms with E-state index in [-0.39, 0.29) is 11.3 Å². The summed E-state index contributed by atoms with van der Waals surface area (Å²) in [5.41, 5.74) is 3.24. The van der Waals surface area contributed by atoms with Crippen molar-refractivity contribution in [3.8, 4) is 17.3 Å². The molecule has 10 heteroatoms. The molecule has 0 N–H and O–H groups in total. The van der Waals surface area contributed by atoms with Crippen LogP contribution in [0.5, 0.6) is 0 Å². The molecule has 5 nitrogen and oxygen atoms in total. The maximum atomic E-state index is 6.65. The first kappa shape index (κ1) is 25.3. The molecule has 1 atom stereocenters. The molecule has 2 aliphatic carbocycles. The van der Waals surface area contributed by atoms with Gasteiger partial charge in [-0.2, -0.15) is 5.10 Å². The summed E-state index contributed by atoms with van der Waals surface area (Å²) in [6.07, 6.45) is 11.1. The Morgan fingerprint density at radius 2 is 1.81 bits per heavy atom. The van der Waals surface area contributed by atoms with E-state index in [1.54, 1.807) is 17.8 Å². The minimum atomic E-state index is -0.274. The fourth-order valence-corrected chi connectivity index (χ4v) is 6.47. The lowest BCUT2D eigenvalue weighted by Gasteiger charge is -2.18. The van der Waals surface area contributed by atoms with Gasteiger partial charge in [-0.1, -0.05) is 81.1 Å². The molecule has 188 valence electrons. The van der Waals surface area contributed by atoms with Gasteiger partial charge < -0.3 is 4.42 Å². The largest absolute Gasteiger partial charge is 0.418 e. The number of aromatic nitrogens is 4. The van der Waals surface area contributed by atoms with E-state index in [9.17, 15) is 0 Å². The van der Waals surface area contributed by atoms with E-state index in [0.717, 1.165) is 45.6 Å². The summed E-state index contributed by atoms with van der Waals surface area (Å²) in [7, 11) is 0. The number of allylic oxidation sites excluding steroid dienone is 4. The Morgan fingerprint density at radius 1 is 1.05 bits per heavy atom. The number of thioether (sulfide) groups is 1. The van der Waals surface area contributed by atoms with Crippen LogP contribution in [0.4, 0.5) is 0 Å². The Kier molecular flexibility index (Phi) is 6.78. The van der Waals surface area contributed by atoms with Gasteiger partial charge in [-0.05, 0) is 61.4 Å². The molecule has 2 aromatic heterocycles. The van der Waals surface area contributed by atoms with Crippen molar-refractivity contribution in [2.45, 2.75) is 35.5 Å². The lowest BCUT2D eigenvalue weighted by Crippen LogP contribution is -2.08. The average molecular weight is 635 g/mol. The Balaban J connectivity index is 1.47. The second kappa shape index (κ2) is 9.93. The van der Waals surface area contributed by atoms with Gasteiger partial charge in [-0.3, -0.25) is 0 Å². The number of nitrogens with zero attached hydrogens (tertiary/aromatic N) is 4. The van der Waals surface area contributed by atoms with E-state index >= 15 is 0 Å². The summed E-state index contributed by atoms with van der Waals surface area (Å²) in [5.74, 6) is 1.08. The van der Waals surface area contributed by atoms with Crippen LogP contribution in [0, 0.1) is 0 Å². The molecule has 2 aromatic carbocycles. The Labute approximate surface area is 242 Å². The predicted octanol–water partition coefficient (Wildman–Crippen LogP) is 9.01. The van der Waals surface area contributed by atoms with Crippen molar-refractivity contribution < 1.29 is 4.42 Å². The minimum absolute atomic E-state index is 0.0861. The number of halogens is 4. The summed E-state index contributed by atoms with van der Waals surface area (Å²) in [6.45, 7) is 0. The molecule has 0 amide bonds. The average Bonchev–Trinajstić information content (AvgIpc) is 3.38. The first-order valence-corrected chi connectivity index (χ1v) is 14.8. The van der Waals surface area contributed by atoms with E-state index in [1.165, 1.54) is 0 Å². The summed E-state index contributed by atoms with van der Waals surface area (Å²) >= 11 is 24.1. The van der Waals surface area contributed by atoms with E-state index in [1.807, 2.05) is 47.3 Å². The molecule has 6 rings (SSSR count). The molecule has 1 unspecified atom stereocenters. The highest BCUT2D eigenvalue weighted by atomic mass is 79.9. The van der Waals surface area contributed by atoms with Crippen LogP contribution in [-0.2, 0) is 5.41 Å². The van der Waals surface area contributed by atoms with Crippen molar-refractivity contribution in [2.75, 3.05) is 6.26 Å². The van der Waals surface area contributed by atoms with Gasteiger partial charge in [0.25, 0.3) is 5.89 Å². The molecule has 1 saturated carbocycles. The molecule has 2 heterocycles. The second-order valence-electron chi connectivity index (χ2n) is 9.07. The highest BCUT2D eigenvalue weighted by molar-refractivity contribution is 9.11. The van der Waals surface area contributed by atoms with E-state index < -0.39 is 0 Å². The Morgan fingerprint density at radius 3 is 2.46 bits per heavy atom. The van der Waals surface area contributed by atoms with Crippen LogP contribution in [0.2, 0.25) is 15.1 Å². The highest BCUT2D eigenvalue weighted by Gasteiger charge is 2.51. The maximum Gasteiger partial charge on any atom is 0.269 e. The summed E-state index contributed by atoms with van der Waals surface area (Å²) in [4.78, 5) is 0.971. The fourth-order valence-electron chi connectivity index (χ4n) is 4.75. The quantitative estimate of drug-likeness (QED) is 0.198. The topological polar surface area (TPSA) is 56.7 Å². The van der Waals surface area contributed by atoms with Crippen molar-refractivity contribution in [2.24, 2.45) is 0 Å². The molecule has 2 aliphatic rings. The molecule has 0 radical (unpaired) electrons. The van der Waals surface area contributed by atoms with Crippen LogP contribution >= 0.6 is 62.5 Å². The lowest BCUT2D eigenvalue weighted by atomic mass is 9.96. The van der Waals surface area contributed by atoms with E-state index in [2.05, 4.69) is 44.4 Å². The molecule has 0 saturated heterocycles. The van der Waals surface area contributed by atoms with Gasteiger partial charge in [-0.15, -0.1) is 22.0 Å². The third kappa shape index (κ3) is 4.59. The fraction of sp³-hybridized carbons (Fsp3) is 0.222. The van der Waals surface area contributed by atoms with Gasteiger partial charge in [0, 0.05) is 20.4 Å². The summed E-state index contributed by atoms with van der Waals surface area (Å²) in [5, 5.41) is 15.7. The standard InChI is InChI=1S/C27H20BrCl3N4OS/c1-37-24-22(25-32-33-26(36-25)27(12-13-27)16-4-8-18(29)9-5-16)34-35(21-11-10-19(30)14-20(21)31)23(24)15-2-6-17(28)7-3-15/h2,4-11,14-15H,3,12-13H2,1H3. The number of rotatable bonds is 6. The minimum Gasteiger partial charge on any atom is -0.418 e. The smallest absolute Gasteiger partial charge is 0.269 e. The van der Waals surface area contributed by atoms with Crippen LogP contribution in [0.15, 0.2) is 74.5 Å². The van der Waals surface area contributed by atoms with Crippen molar-refractivity contribution in [3.63, 3.8) is 0 Å². The van der Waals surface area contributed by atoms with Crippen LogP contribution in [0.25, 0.3) is 17.3 Å². The third-order valence-electron chi connectivity index (χ3n) is 6.81. The Bertz CT molecular complexity index is 1560. The molecule has 0 spiro atoms. The SMILES string of the molecule is CSc1c(-c2nnc(C3(c4ccc(Cl)cc4)CC3)o2)nn(-c2ccc(Cl)cc2Cl)c1C1C=CC(Br)=CC1. The van der Waals surface area contributed by atoms with Crippen LogP contribution in [0.1, 0.15) is 42.3 Å². The molecule has 4 aromatic rings. The van der Waals surface area contributed by atoms with Crippen LogP contribution in [-0.4, -0.2) is 26.2 Å². The Hall–Kier alpha value is -2.03. The zero-order chi connectivity index (χ0) is 25.7. The molecule has 0 aliphatic heterocycles. The molecular weight excluding hydrogens is 615 g/mol. The van der Waals surface area contributed by atoms with Crippen molar-refractivity contribution in [1.82, 2.24) is 20.0 Å². The van der Waals surface area contributed by atoms with Crippen molar-refractivity contribution >= 4 is 62.5 Å². The summed E-state index contributed by atoms with van der Waals surface area (Å²) in [6, 6.07) is 13.3. The lowest BCUT2D eigenvalue weighted by molar-refractivity contribution is 0.470. The van der Waals surface area contributed by atoms with Gasteiger partial charge in [0.1, 0.15) is 0 Å². The van der Waals surface area contributed by atoms with Crippen LogP contribution in [0.3, 0.4) is 0 Å². The monoisotopic (exact) mass is 632 g/mol. The normalized spacial score (nSPS) is 18.2. The summed E-state index contributed by atoms with van der Waals surface area (Å²) < 4.78 is 9.29. The molecule has 0 bridgehead atoms. The number of hydrogen-bond donors (Lipinski definition) is 0. The zero-order valence-electron chi connectivity index (χ0n) is 19.6. The molecule has 1 fully saturated rings. The first-order valence-electron chi connectivity index (χ1n) is 11.7. The highest BCUT2D eigenvalue weighted by Crippen LogP contribution is 2.53. The second-order valence-corrected chi connectivity index (χ2v) is 12.1. The van der Waals surface area contributed by atoms with E-state index in [0.29, 0.717) is 32.5 Å². The van der Waals surface area contributed by atoms with Gasteiger partial charge in [-0.25, -0.2) is 4.68 Å². The number of benzene rings is 2. The molecule has 37 heavy (non-hydrogen) atoms.